The van der Waals surface area contributed by atoms with Crippen molar-refractivity contribution in [1.82, 2.24) is 10.2 Å². The quantitative estimate of drug-likeness (QED) is 0.298. The smallest absolute Gasteiger partial charge is 0.254 e. The van der Waals surface area contributed by atoms with Gasteiger partial charge in [-0.05, 0) is 71.0 Å². The predicted octanol–water partition coefficient (Wildman–Crippen LogP) is 4.93. The Kier molecular flexibility index (Phi) is 8.41. The van der Waals surface area contributed by atoms with E-state index in [-0.39, 0.29) is 29.8 Å². The van der Waals surface area contributed by atoms with E-state index in [0.717, 1.165) is 33.4 Å². The average molecular weight is 560 g/mol. The summed E-state index contributed by atoms with van der Waals surface area (Å²) in [6, 6.07) is 26.7. The highest BCUT2D eigenvalue weighted by molar-refractivity contribution is 6.00. The molecule has 4 aromatic rings. The molecular formula is C35H33N3O4. The fourth-order valence-electron chi connectivity index (χ4n) is 5.56. The summed E-state index contributed by atoms with van der Waals surface area (Å²) in [4.78, 5) is 53.4. The summed E-state index contributed by atoms with van der Waals surface area (Å²) < 4.78 is 0. The zero-order chi connectivity index (χ0) is 29.8. The molecule has 7 nitrogen and oxygen atoms in total. The lowest BCUT2D eigenvalue weighted by Gasteiger charge is -2.37. The molecule has 7 heteroatoms. The largest absolute Gasteiger partial charge is 0.355 e. The maximum atomic E-state index is 14.1. The van der Waals surface area contributed by atoms with Crippen LogP contribution in [-0.2, 0) is 24.2 Å². The van der Waals surface area contributed by atoms with Crippen molar-refractivity contribution in [3.63, 3.8) is 0 Å². The standard InChI is InChI=1S/C35H33N3O4/c1-22(39)25-10-6-23(7-11-25)20-32(40)33-31-5-3-4-29(26-14-16-27(17-15-26)34(41)37-2)30(31)18-19-38(33)35(42)28-12-8-24(21-36)9-13-28/h3-17,33H,18-21,36H2,1-2H3,(H,37,41). The van der Waals surface area contributed by atoms with Gasteiger partial charge in [-0.15, -0.1) is 0 Å². The van der Waals surface area contributed by atoms with Crippen LogP contribution < -0.4 is 11.1 Å². The molecule has 0 spiro atoms. The summed E-state index contributed by atoms with van der Waals surface area (Å²) in [5.74, 6) is -0.518. The first-order chi connectivity index (χ1) is 20.3. The lowest BCUT2D eigenvalue weighted by atomic mass is 9.83. The molecule has 1 unspecified atom stereocenters. The van der Waals surface area contributed by atoms with E-state index in [9.17, 15) is 19.2 Å². The molecule has 0 saturated heterocycles. The topological polar surface area (TPSA) is 110 Å². The van der Waals surface area contributed by atoms with E-state index < -0.39 is 6.04 Å². The molecule has 1 atom stereocenters. The molecule has 212 valence electrons. The Morgan fingerprint density at radius 3 is 2.05 bits per heavy atom. The fraction of sp³-hybridized carbons (Fsp3) is 0.200. The Morgan fingerprint density at radius 2 is 1.43 bits per heavy atom. The molecule has 42 heavy (non-hydrogen) atoms. The maximum absolute atomic E-state index is 14.1. The van der Waals surface area contributed by atoms with Gasteiger partial charge >= 0.3 is 0 Å². The lowest BCUT2D eigenvalue weighted by Crippen LogP contribution is -2.44. The second kappa shape index (κ2) is 12.3. The van der Waals surface area contributed by atoms with E-state index >= 15 is 0 Å². The number of carbonyl (C=O) groups excluding carboxylic acids is 4. The van der Waals surface area contributed by atoms with Crippen molar-refractivity contribution in [2.75, 3.05) is 13.6 Å². The van der Waals surface area contributed by atoms with Crippen LogP contribution in [0.2, 0.25) is 0 Å². The first-order valence-corrected chi connectivity index (χ1v) is 14.0. The van der Waals surface area contributed by atoms with E-state index in [2.05, 4.69) is 5.32 Å². The van der Waals surface area contributed by atoms with Crippen LogP contribution >= 0.6 is 0 Å². The van der Waals surface area contributed by atoms with E-state index in [1.807, 2.05) is 42.5 Å². The number of nitrogens with two attached hydrogens (primary N) is 1. The van der Waals surface area contributed by atoms with Crippen LogP contribution in [-0.4, -0.2) is 41.9 Å². The fourth-order valence-corrected chi connectivity index (χ4v) is 5.56. The summed E-state index contributed by atoms with van der Waals surface area (Å²) in [7, 11) is 1.60. The summed E-state index contributed by atoms with van der Waals surface area (Å²) in [5, 5.41) is 2.64. The van der Waals surface area contributed by atoms with Crippen LogP contribution in [0.25, 0.3) is 11.1 Å². The van der Waals surface area contributed by atoms with Crippen molar-refractivity contribution in [3.05, 3.63) is 130 Å². The van der Waals surface area contributed by atoms with Gasteiger partial charge in [-0.25, -0.2) is 0 Å². The molecule has 1 aliphatic heterocycles. The van der Waals surface area contributed by atoms with Crippen LogP contribution in [0, 0.1) is 0 Å². The Labute approximate surface area is 245 Å². The third kappa shape index (κ3) is 5.78. The Bertz CT molecular complexity index is 1640. The first-order valence-electron chi connectivity index (χ1n) is 14.0. The van der Waals surface area contributed by atoms with Crippen molar-refractivity contribution in [2.24, 2.45) is 5.73 Å². The molecule has 5 rings (SSSR count). The van der Waals surface area contributed by atoms with Gasteiger partial charge in [-0.3, -0.25) is 19.2 Å². The number of hydrogen-bond donors (Lipinski definition) is 2. The Balaban J connectivity index is 1.54. The molecule has 4 aromatic carbocycles. The highest BCUT2D eigenvalue weighted by Gasteiger charge is 2.37. The minimum atomic E-state index is -0.784. The van der Waals surface area contributed by atoms with Gasteiger partial charge in [0.2, 0.25) is 0 Å². The Hall–Kier alpha value is -4.88. The van der Waals surface area contributed by atoms with Crippen molar-refractivity contribution in [2.45, 2.75) is 32.4 Å². The number of amides is 2. The average Bonchev–Trinajstić information content (AvgIpc) is 3.03. The third-order valence-electron chi connectivity index (χ3n) is 7.85. The lowest BCUT2D eigenvalue weighted by molar-refractivity contribution is -0.123. The number of ketones is 2. The zero-order valence-corrected chi connectivity index (χ0v) is 23.7. The molecule has 1 heterocycles. The molecule has 1 aliphatic rings. The van der Waals surface area contributed by atoms with Gasteiger partial charge < -0.3 is 16.0 Å². The normalized spacial score (nSPS) is 14.2. The number of benzene rings is 4. The van der Waals surface area contributed by atoms with Crippen molar-refractivity contribution < 1.29 is 19.2 Å². The van der Waals surface area contributed by atoms with Gasteiger partial charge in [0.1, 0.15) is 6.04 Å². The highest BCUT2D eigenvalue weighted by Crippen LogP contribution is 2.38. The van der Waals surface area contributed by atoms with Gasteiger partial charge in [0.05, 0.1) is 0 Å². The van der Waals surface area contributed by atoms with Crippen LogP contribution in [0.15, 0.2) is 91.0 Å². The summed E-state index contributed by atoms with van der Waals surface area (Å²) >= 11 is 0. The summed E-state index contributed by atoms with van der Waals surface area (Å²) in [6.45, 7) is 2.26. The maximum Gasteiger partial charge on any atom is 0.254 e. The zero-order valence-electron chi connectivity index (χ0n) is 23.7. The molecule has 0 saturated carbocycles. The van der Waals surface area contributed by atoms with Gasteiger partial charge in [0, 0.05) is 43.2 Å². The Morgan fingerprint density at radius 1 is 0.810 bits per heavy atom. The summed E-state index contributed by atoms with van der Waals surface area (Å²) in [5.41, 5.74) is 12.8. The van der Waals surface area contributed by atoms with Crippen LogP contribution in [0.4, 0.5) is 0 Å². The van der Waals surface area contributed by atoms with E-state index in [1.165, 1.54) is 6.92 Å². The molecule has 0 fully saturated rings. The van der Waals surface area contributed by atoms with E-state index in [1.54, 1.807) is 60.5 Å². The molecule has 0 radical (unpaired) electrons. The number of Topliss-reactive ketones (excluding diaryl/α,β-unsaturated/α-hetero) is 2. The number of carbonyl (C=O) groups is 4. The van der Waals surface area contributed by atoms with Crippen LogP contribution in [0.3, 0.4) is 0 Å². The minimum absolute atomic E-state index is 0.0394. The highest BCUT2D eigenvalue weighted by atomic mass is 16.2. The molecule has 0 bridgehead atoms. The van der Waals surface area contributed by atoms with Gasteiger partial charge in [0.25, 0.3) is 11.8 Å². The number of nitrogens with zero attached hydrogens (tertiary/aromatic N) is 1. The first kappa shape index (κ1) is 28.6. The summed E-state index contributed by atoms with van der Waals surface area (Å²) in [6.07, 6.45) is 0.690. The predicted molar refractivity (Wildman–Crippen MR) is 162 cm³/mol. The SMILES string of the molecule is CNC(=O)c1ccc(-c2cccc3c2CCN(C(=O)c2ccc(CN)cc2)C3C(=O)Cc2ccc(C(C)=O)cc2)cc1. The van der Waals surface area contributed by atoms with Crippen molar-refractivity contribution in [3.8, 4) is 11.1 Å². The molecule has 2 amide bonds. The van der Waals surface area contributed by atoms with Crippen molar-refractivity contribution in [1.29, 1.82) is 0 Å². The van der Waals surface area contributed by atoms with E-state index in [0.29, 0.717) is 36.2 Å². The number of fused-ring (bicyclic) bond motifs is 1. The third-order valence-corrected chi connectivity index (χ3v) is 7.85. The second-order valence-corrected chi connectivity index (χ2v) is 10.5. The monoisotopic (exact) mass is 559 g/mol. The molecule has 0 aliphatic carbocycles. The van der Waals surface area contributed by atoms with Crippen LogP contribution in [0.1, 0.15) is 66.3 Å². The molecule has 3 N–H and O–H groups in total. The second-order valence-electron chi connectivity index (χ2n) is 10.5. The van der Waals surface area contributed by atoms with Crippen LogP contribution in [0.5, 0.6) is 0 Å². The minimum Gasteiger partial charge on any atom is -0.355 e. The van der Waals surface area contributed by atoms with Crippen molar-refractivity contribution >= 4 is 23.4 Å². The molecular weight excluding hydrogens is 526 g/mol. The number of rotatable bonds is 8. The van der Waals surface area contributed by atoms with Gasteiger partial charge in [-0.2, -0.15) is 0 Å². The molecule has 0 aromatic heterocycles. The van der Waals surface area contributed by atoms with E-state index in [4.69, 9.17) is 5.73 Å². The van der Waals surface area contributed by atoms with Gasteiger partial charge in [0.15, 0.2) is 11.6 Å². The number of nitrogens with one attached hydrogen (secondary N) is 1. The number of hydrogen-bond acceptors (Lipinski definition) is 5. The van der Waals surface area contributed by atoms with Gasteiger partial charge in [-0.1, -0.05) is 66.7 Å².